The fraction of sp³-hybridized carbons (Fsp3) is 0.500. The number of nitro benzene ring substituents is 1. The molecule has 0 bridgehead atoms. The molecule has 1 heterocycles. The molecular weight excluding hydrogens is 334 g/mol. The number of nitrogens with one attached hydrogen (secondary N) is 2. The summed E-state index contributed by atoms with van der Waals surface area (Å²) in [5.74, 6) is 0.0262. The Labute approximate surface area is 134 Å². The number of ether oxygens (including phenoxy) is 1. The first-order chi connectivity index (χ1) is 9.94. The normalized spacial score (nSPS) is 18.3. The first-order valence-corrected chi connectivity index (χ1v) is 7.98. The van der Waals surface area contributed by atoms with Crippen molar-refractivity contribution in [3.8, 4) is 5.75 Å². The number of piperidine rings is 1. The van der Waals surface area contributed by atoms with Gasteiger partial charge in [-0.15, -0.1) is 12.4 Å². The maximum Gasteiger partial charge on any atom is 0.312 e. The Morgan fingerprint density at radius 3 is 2.73 bits per heavy atom. The second kappa shape index (κ2) is 7.73. The van der Waals surface area contributed by atoms with Crippen LogP contribution in [0.25, 0.3) is 0 Å². The molecule has 0 aromatic heterocycles. The van der Waals surface area contributed by atoms with Gasteiger partial charge in [0.2, 0.25) is 10.0 Å². The van der Waals surface area contributed by atoms with E-state index in [-0.39, 0.29) is 34.8 Å². The molecule has 1 aliphatic rings. The van der Waals surface area contributed by atoms with Gasteiger partial charge in [-0.05, 0) is 31.5 Å². The molecular formula is C12H18ClN3O5S. The molecule has 0 amide bonds. The summed E-state index contributed by atoms with van der Waals surface area (Å²) in [5.41, 5.74) is -0.373. The minimum absolute atomic E-state index is 0. The summed E-state index contributed by atoms with van der Waals surface area (Å²) in [6.07, 6.45) is 1.63. The van der Waals surface area contributed by atoms with E-state index in [1.807, 2.05) is 0 Å². The Kier molecular flexibility index (Phi) is 6.54. The van der Waals surface area contributed by atoms with Crippen molar-refractivity contribution in [1.82, 2.24) is 10.0 Å². The molecule has 22 heavy (non-hydrogen) atoms. The van der Waals surface area contributed by atoms with Crippen molar-refractivity contribution in [1.29, 1.82) is 0 Å². The van der Waals surface area contributed by atoms with E-state index in [0.717, 1.165) is 25.5 Å². The van der Waals surface area contributed by atoms with E-state index in [1.165, 1.54) is 19.2 Å². The van der Waals surface area contributed by atoms with Gasteiger partial charge in [0.15, 0.2) is 5.75 Å². The van der Waals surface area contributed by atoms with Gasteiger partial charge in [-0.3, -0.25) is 10.1 Å². The Morgan fingerprint density at radius 2 is 2.18 bits per heavy atom. The summed E-state index contributed by atoms with van der Waals surface area (Å²) in [7, 11) is -2.50. The SMILES string of the molecule is COc1ccc(S(=O)(=O)N[C@H]2CCCNC2)cc1[N+](=O)[O-].Cl. The number of methoxy groups -OCH3 is 1. The average Bonchev–Trinajstić information content (AvgIpc) is 2.47. The van der Waals surface area contributed by atoms with Crippen LogP contribution < -0.4 is 14.8 Å². The molecule has 1 fully saturated rings. The minimum Gasteiger partial charge on any atom is -0.490 e. The molecule has 1 aromatic carbocycles. The third-order valence-electron chi connectivity index (χ3n) is 3.28. The fourth-order valence-corrected chi connectivity index (χ4v) is 3.51. The van der Waals surface area contributed by atoms with E-state index >= 15 is 0 Å². The highest BCUT2D eigenvalue weighted by Gasteiger charge is 2.25. The summed E-state index contributed by atoms with van der Waals surface area (Å²) < 4.78 is 32.0. The molecule has 8 nitrogen and oxygen atoms in total. The molecule has 0 aliphatic carbocycles. The molecule has 0 saturated carbocycles. The van der Waals surface area contributed by atoms with Gasteiger partial charge >= 0.3 is 5.69 Å². The smallest absolute Gasteiger partial charge is 0.312 e. The van der Waals surface area contributed by atoms with Gasteiger partial charge in [-0.25, -0.2) is 13.1 Å². The Balaban J connectivity index is 0.00000242. The molecule has 2 N–H and O–H groups in total. The van der Waals surface area contributed by atoms with E-state index in [4.69, 9.17) is 4.74 Å². The van der Waals surface area contributed by atoms with Crippen molar-refractivity contribution in [3.05, 3.63) is 28.3 Å². The number of nitro groups is 1. The third-order valence-corrected chi connectivity index (χ3v) is 4.79. The predicted octanol–water partition coefficient (Wildman–Crippen LogP) is 1.06. The summed E-state index contributed by atoms with van der Waals surface area (Å²) in [6, 6.07) is 3.39. The van der Waals surface area contributed by atoms with Crippen LogP contribution in [0.3, 0.4) is 0 Å². The molecule has 0 radical (unpaired) electrons. The van der Waals surface area contributed by atoms with Gasteiger partial charge in [0, 0.05) is 18.7 Å². The molecule has 10 heteroatoms. The van der Waals surface area contributed by atoms with Gasteiger partial charge in [0.05, 0.1) is 16.9 Å². The topological polar surface area (TPSA) is 111 Å². The maximum absolute atomic E-state index is 12.3. The van der Waals surface area contributed by atoms with E-state index < -0.39 is 14.9 Å². The molecule has 1 aromatic rings. The highest BCUT2D eigenvalue weighted by Crippen LogP contribution is 2.29. The summed E-state index contributed by atoms with van der Waals surface area (Å²) in [4.78, 5) is 10.1. The number of benzene rings is 1. The van der Waals surface area contributed by atoms with Crippen LogP contribution >= 0.6 is 12.4 Å². The number of halogens is 1. The van der Waals surface area contributed by atoms with Gasteiger partial charge < -0.3 is 10.1 Å². The Hall–Kier alpha value is -1.42. The number of sulfonamides is 1. The molecule has 0 spiro atoms. The Morgan fingerprint density at radius 1 is 1.45 bits per heavy atom. The lowest BCUT2D eigenvalue weighted by Gasteiger charge is -2.23. The standard InChI is InChI=1S/C12H17N3O5S.ClH/c1-20-12-5-4-10(7-11(12)15(16)17)21(18,19)14-9-3-2-6-13-8-9;/h4-5,7,9,13-14H,2-3,6,8H2,1H3;1H/t9-;/m0./s1. The number of hydrogen-bond donors (Lipinski definition) is 2. The van der Waals surface area contributed by atoms with E-state index in [9.17, 15) is 18.5 Å². The van der Waals surface area contributed by atoms with Crippen molar-refractivity contribution in [2.45, 2.75) is 23.8 Å². The summed E-state index contributed by atoms with van der Waals surface area (Å²) in [6.45, 7) is 1.42. The van der Waals surface area contributed by atoms with E-state index in [2.05, 4.69) is 10.0 Å². The lowest BCUT2D eigenvalue weighted by molar-refractivity contribution is -0.386. The summed E-state index contributed by atoms with van der Waals surface area (Å²) in [5, 5.41) is 14.1. The first-order valence-electron chi connectivity index (χ1n) is 6.49. The van der Waals surface area contributed by atoms with Crippen molar-refractivity contribution >= 4 is 28.1 Å². The largest absolute Gasteiger partial charge is 0.490 e. The predicted molar refractivity (Wildman–Crippen MR) is 83.1 cm³/mol. The highest BCUT2D eigenvalue weighted by molar-refractivity contribution is 7.89. The Bertz CT molecular complexity index is 632. The molecule has 1 saturated heterocycles. The minimum atomic E-state index is -3.79. The molecule has 2 rings (SSSR count). The van der Waals surface area contributed by atoms with Crippen LogP contribution in [0.2, 0.25) is 0 Å². The zero-order valence-corrected chi connectivity index (χ0v) is 13.6. The van der Waals surface area contributed by atoms with Gasteiger partial charge in [-0.2, -0.15) is 0 Å². The van der Waals surface area contributed by atoms with Crippen molar-refractivity contribution in [3.63, 3.8) is 0 Å². The molecule has 124 valence electrons. The number of rotatable bonds is 5. The number of hydrogen-bond acceptors (Lipinski definition) is 6. The van der Waals surface area contributed by atoms with Crippen LogP contribution in [0.5, 0.6) is 5.75 Å². The average molecular weight is 352 g/mol. The van der Waals surface area contributed by atoms with E-state index in [1.54, 1.807) is 0 Å². The van der Waals surface area contributed by atoms with Crippen LogP contribution in [0.4, 0.5) is 5.69 Å². The molecule has 1 atom stereocenters. The van der Waals surface area contributed by atoms with Crippen LogP contribution in [0, 0.1) is 10.1 Å². The van der Waals surface area contributed by atoms with Gasteiger partial charge in [-0.1, -0.05) is 0 Å². The van der Waals surface area contributed by atoms with Crippen LogP contribution in [-0.2, 0) is 10.0 Å². The van der Waals surface area contributed by atoms with Crippen molar-refractivity contribution < 1.29 is 18.1 Å². The first kappa shape index (κ1) is 18.6. The second-order valence-corrected chi connectivity index (χ2v) is 6.47. The van der Waals surface area contributed by atoms with Crippen LogP contribution in [-0.4, -0.2) is 39.6 Å². The van der Waals surface area contributed by atoms with Gasteiger partial charge in [0.25, 0.3) is 0 Å². The van der Waals surface area contributed by atoms with Crippen molar-refractivity contribution in [2.24, 2.45) is 0 Å². The zero-order chi connectivity index (χ0) is 15.5. The quantitative estimate of drug-likeness (QED) is 0.606. The van der Waals surface area contributed by atoms with Crippen LogP contribution in [0.15, 0.2) is 23.1 Å². The monoisotopic (exact) mass is 351 g/mol. The molecule has 0 unspecified atom stereocenters. The second-order valence-electron chi connectivity index (χ2n) is 4.76. The lowest BCUT2D eigenvalue weighted by atomic mass is 10.1. The van der Waals surface area contributed by atoms with E-state index in [0.29, 0.717) is 6.54 Å². The third kappa shape index (κ3) is 4.29. The highest BCUT2D eigenvalue weighted by atomic mass is 35.5. The van der Waals surface area contributed by atoms with Gasteiger partial charge in [0.1, 0.15) is 0 Å². The molecule has 1 aliphatic heterocycles. The zero-order valence-electron chi connectivity index (χ0n) is 11.9. The fourth-order valence-electron chi connectivity index (χ4n) is 2.22. The summed E-state index contributed by atoms with van der Waals surface area (Å²) >= 11 is 0. The van der Waals surface area contributed by atoms with Crippen molar-refractivity contribution in [2.75, 3.05) is 20.2 Å². The number of nitrogens with zero attached hydrogens (tertiary/aromatic N) is 1. The lowest BCUT2D eigenvalue weighted by Crippen LogP contribution is -2.45. The maximum atomic E-state index is 12.3. The van der Waals surface area contributed by atoms with Crippen LogP contribution in [0.1, 0.15) is 12.8 Å².